The third-order valence-electron chi connectivity index (χ3n) is 1.71. The maximum Gasteiger partial charge on any atom is 0.216 e. The van der Waals surface area contributed by atoms with Gasteiger partial charge in [0.2, 0.25) is 6.41 Å². The van der Waals surface area contributed by atoms with Crippen molar-refractivity contribution < 1.29 is 4.79 Å². The summed E-state index contributed by atoms with van der Waals surface area (Å²) in [6.45, 7) is 6.62. The summed E-state index contributed by atoms with van der Waals surface area (Å²) in [5, 5.41) is 0.536. The van der Waals surface area contributed by atoms with E-state index in [1.807, 2.05) is 0 Å². The molecule has 0 heterocycles. The lowest BCUT2D eigenvalue weighted by Gasteiger charge is -2.09. The van der Waals surface area contributed by atoms with E-state index in [1.54, 1.807) is 0 Å². The van der Waals surface area contributed by atoms with Gasteiger partial charge in [0.1, 0.15) is 0 Å². The van der Waals surface area contributed by atoms with Crippen molar-refractivity contribution in [3.63, 3.8) is 0 Å². The van der Waals surface area contributed by atoms with Gasteiger partial charge in [0, 0.05) is 5.25 Å². The fourth-order valence-electron chi connectivity index (χ4n) is 1.02. The molecule has 0 aliphatic heterocycles. The molecule has 0 bridgehead atoms. The van der Waals surface area contributed by atoms with Gasteiger partial charge in [-0.25, -0.2) is 0 Å². The molecular weight excluding hydrogens is 170 g/mol. The van der Waals surface area contributed by atoms with Crippen molar-refractivity contribution in [2.45, 2.75) is 45.3 Å². The summed E-state index contributed by atoms with van der Waals surface area (Å²) in [5.74, 6) is 0.793. The zero-order chi connectivity index (χ0) is 9.40. The number of carbonyl (C=O) groups is 1. The molecule has 2 nitrogen and oxygen atoms in total. The van der Waals surface area contributed by atoms with Crippen LogP contribution in [0.2, 0.25) is 0 Å². The first-order chi connectivity index (χ1) is 5.66. The fourth-order valence-corrected chi connectivity index (χ4v) is 1.59. The smallest absolute Gasteiger partial charge is 0.216 e. The van der Waals surface area contributed by atoms with Crippen LogP contribution in [0.4, 0.5) is 0 Å². The van der Waals surface area contributed by atoms with E-state index in [1.165, 1.54) is 31.2 Å². The van der Waals surface area contributed by atoms with Crippen LogP contribution in [-0.4, -0.2) is 11.7 Å². The van der Waals surface area contributed by atoms with E-state index in [0.717, 1.165) is 12.3 Å². The predicted molar refractivity (Wildman–Crippen MR) is 54.9 cm³/mol. The van der Waals surface area contributed by atoms with Crippen molar-refractivity contribution in [1.82, 2.24) is 4.72 Å². The van der Waals surface area contributed by atoms with Gasteiger partial charge in [-0.1, -0.05) is 33.6 Å². The summed E-state index contributed by atoms with van der Waals surface area (Å²) in [7, 11) is 0. The Morgan fingerprint density at radius 3 is 2.50 bits per heavy atom. The first kappa shape index (κ1) is 11.8. The first-order valence-electron chi connectivity index (χ1n) is 4.51. The summed E-state index contributed by atoms with van der Waals surface area (Å²) in [5.41, 5.74) is 0. The zero-order valence-corrected chi connectivity index (χ0v) is 8.99. The van der Waals surface area contributed by atoms with E-state index in [9.17, 15) is 4.79 Å². The third-order valence-corrected chi connectivity index (χ3v) is 2.58. The molecule has 0 fully saturated rings. The average molecular weight is 189 g/mol. The van der Waals surface area contributed by atoms with Crippen molar-refractivity contribution >= 4 is 18.4 Å². The summed E-state index contributed by atoms with van der Waals surface area (Å²) in [4.78, 5) is 9.96. The van der Waals surface area contributed by atoms with Crippen LogP contribution in [0.3, 0.4) is 0 Å². The number of nitrogens with one attached hydrogen (secondary N) is 1. The molecule has 0 aromatic rings. The molecule has 0 aliphatic rings. The molecule has 0 rings (SSSR count). The second-order valence-corrected chi connectivity index (χ2v) is 4.77. The highest BCUT2D eigenvalue weighted by Crippen LogP contribution is 2.15. The van der Waals surface area contributed by atoms with E-state index in [4.69, 9.17) is 0 Å². The van der Waals surface area contributed by atoms with Gasteiger partial charge in [0.15, 0.2) is 0 Å². The number of carbonyl (C=O) groups excluding carboxylic acids is 1. The van der Waals surface area contributed by atoms with E-state index in [-0.39, 0.29) is 0 Å². The maximum atomic E-state index is 9.96. The molecule has 12 heavy (non-hydrogen) atoms. The van der Waals surface area contributed by atoms with E-state index < -0.39 is 0 Å². The van der Waals surface area contributed by atoms with Crippen LogP contribution >= 0.6 is 11.9 Å². The Morgan fingerprint density at radius 2 is 2.00 bits per heavy atom. The molecular formula is C9H19NOS. The highest BCUT2D eigenvalue weighted by Gasteiger charge is 2.02. The van der Waals surface area contributed by atoms with E-state index in [2.05, 4.69) is 25.5 Å². The van der Waals surface area contributed by atoms with Crippen LogP contribution in [0.25, 0.3) is 0 Å². The molecule has 0 spiro atoms. The number of hydrogen-bond donors (Lipinski definition) is 1. The van der Waals surface area contributed by atoms with Crippen LogP contribution < -0.4 is 4.72 Å². The minimum absolute atomic E-state index is 0.536. The van der Waals surface area contributed by atoms with Crippen LogP contribution in [0.5, 0.6) is 0 Å². The molecule has 0 aromatic carbocycles. The Kier molecular flexibility index (Phi) is 7.36. The first-order valence-corrected chi connectivity index (χ1v) is 5.39. The zero-order valence-electron chi connectivity index (χ0n) is 8.17. The Bertz CT molecular complexity index is 117. The lowest BCUT2D eigenvalue weighted by atomic mass is 10.1. The normalized spacial score (nSPS) is 13.0. The van der Waals surface area contributed by atoms with Gasteiger partial charge >= 0.3 is 0 Å². The van der Waals surface area contributed by atoms with Gasteiger partial charge < -0.3 is 4.72 Å². The molecule has 0 aromatic heterocycles. The van der Waals surface area contributed by atoms with Crippen molar-refractivity contribution in [3.8, 4) is 0 Å². The van der Waals surface area contributed by atoms with E-state index >= 15 is 0 Å². The fraction of sp³-hybridized carbons (Fsp3) is 0.889. The minimum Gasteiger partial charge on any atom is -0.303 e. The molecule has 1 N–H and O–H groups in total. The predicted octanol–water partition coefficient (Wildman–Crippen LogP) is 2.60. The number of amides is 1. The molecule has 3 heteroatoms. The number of hydrogen-bond acceptors (Lipinski definition) is 2. The van der Waals surface area contributed by atoms with Gasteiger partial charge in [0.05, 0.1) is 0 Å². The van der Waals surface area contributed by atoms with Gasteiger partial charge in [-0.2, -0.15) is 0 Å². The van der Waals surface area contributed by atoms with Crippen molar-refractivity contribution in [2.75, 3.05) is 0 Å². The van der Waals surface area contributed by atoms with Crippen LogP contribution in [0.1, 0.15) is 40.0 Å². The molecule has 0 saturated heterocycles. The molecule has 1 unspecified atom stereocenters. The topological polar surface area (TPSA) is 29.1 Å². The summed E-state index contributed by atoms with van der Waals surface area (Å²) < 4.78 is 2.62. The largest absolute Gasteiger partial charge is 0.303 e. The molecule has 0 aliphatic carbocycles. The summed E-state index contributed by atoms with van der Waals surface area (Å²) in [6.07, 6.45) is 4.46. The second kappa shape index (κ2) is 7.47. The van der Waals surface area contributed by atoms with E-state index in [0.29, 0.717) is 5.25 Å². The summed E-state index contributed by atoms with van der Waals surface area (Å²) >= 11 is 1.51. The Morgan fingerprint density at radius 1 is 1.33 bits per heavy atom. The lowest BCUT2D eigenvalue weighted by molar-refractivity contribution is -0.107. The monoisotopic (exact) mass is 189 g/mol. The second-order valence-electron chi connectivity index (χ2n) is 3.49. The van der Waals surface area contributed by atoms with Gasteiger partial charge in [-0.05, 0) is 24.3 Å². The quantitative estimate of drug-likeness (QED) is 0.492. The number of rotatable bonds is 7. The lowest BCUT2D eigenvalue weighted by Crippen LogP contribution is -2.07. The van der Waals surface area contributed by atoms with Gasteiger partial charge in [-0.15, -0.1) is 0 Å². The average Bonchev–Trinajstić information content (AvgIpc) is 2.00. The van der Waals surface area contributed by atoms with Crippen molar-refractivity contribution in [3.05, 3.63) is 0 Å². The van der Waals surface area contributed by atoms with Crippen LogP contribution in [-0.2, 0) is 4.79 Å². The van der Waals surface area contributed by atoms with Crippen molar-refractivity contribution in [2.24, 2.45) is 5.92 Å². The highest BCUT2D eigenvalue weighted by molar-refractivity contribution is 7.98. The van der Waals surface area contributed by atoms with Crippen LogP contribution in [0.15, 0.2) is 0 Å². The Balaban J connectivity index is 3.18. The third kappa shape index (κ3) is 7.92. The SMILES string of the molecule is CC(C)CCCC(C)SNC=O. The molecule has 0 radical (unpaired) electrons. The standard InChI is InChI=1S/C9H19NOS/c1-8(2)5-4-6-9(3)12-10-7-11/h7-9H,4-6H2,1-3H3,(H,10,11). The van der Waals surface area contributed by atoms with Gasteiger partial charge in [0.25, 0.3) is 0 Å². The minimum atomic E-state index is 0.536. The molecule has 1 amide bonds. The summed E-state index contributed by atoms with van der Waals surface area (Å²) in [6, 6.07) is 0. The van der Waals surface area contributed by atoms with Gasteiger partial charge in [-0.3, -0.25) is 4.79 Å². The Hall–Kier alpha value is -0.180. The Labute approximate surface area is 79.6 Å². The van der Waals surface area contributed by atoms with Crippen molar-refractivity contribution in [1.29, 1.82) is 0 Å². The molecule has 0 saturated carbocycles. The van der Waals surface area contributed by atoms with Crippen LogP contribution in [0, 0.1) is 5.92 Å². The maximum absolute atomic E-state index is 9.96. The molecule has 1 atom stereocenters. The highest BCUT2D eigenvalue weighted by atomic mass is 32.2. The molecule has 72 valence electrons.